The molecule has 5 rings (SSSR count). The maximum Gasteiger partial charge on any atom is 0.226 e. The minimum absolute atomic E-state index is 0.212. The molecule has 0 unspecified atom stereocenters. The topological polar surface area (TPSA) is 58.4 Å². The summed E-state index contributed by atoms with van der Waals surface area (Å²) in [6.07, 6.45) is 10.2. The molecule has 4 heterocycles. The summed E-state index contributed by atoms with van der Waals surface area (Å²) in [5, 5.41) is 12.5. The van der Waals surface area contributed by atoms with E-state index >= 15 is 0 Å². The quantitative estimate of drug-likeness (QED) is 0.935. The molecular weight excluding hydrogens is 314 g/mol. The molecule has 2 aliphatic heterocycles. The van der Waals surface area contributed by atoms with E-state index in [0.717, 1.165) is 30.2 Å². The van der Waals surface area contributed by atoms with Crippen LogP contribution in [-0.2, 0) is 11.3 Å². The molecule has 2 bridgehead atoms. The average molecular weight is 339 g/mol. The molecule has 4 atom stereocenters. The van der Waals surface area contributed by atoms with Crippen LogP contribution in [0.2, 0.25) is 0 Å². The van der Waals surface area contributed by atoms with E-state index in [-0.39, 0.29) is 18.0 Å². The van der Waals surface area contributed by atoms with E-state index in [0.29, 0.717) is 31.2 Å². The number of piperidine rings is 1. The highest BCUT2D eigenvalue weighted by atomic mass is 16.3. The van der Waals surface area contributed by atoms with Gasteiger partial charge in [-0.25, -0.2) is 0 Å². The Hall–Kier alpha value is -1.88. The number of nitrogens with zero attached hydrogens (tertiary/aromatic N) is 3. The van der Waals surface area contributed by atoms with Gasteiger partial charge in [-0.2, -0.15) is 0 Å². The van der Waals surface area contributed by atoms with E-state index in [1.165, 1.54) is 0 Å². The third-order valence-electron chi connectivity index (χ3n) is 6.57. The van der Waals surface area contributed by atoms with E-state index in [1.807, 2.05) is 18.5 Å². The summed E-state index contributed by atoms with van der Waals surface area (Å²) in [4.78, 5) is 19.1. The van der Waals surface area contributed by atoms with Crippen LogP contribution in [0, 0.1) is 11.8 Å². The van der Waals surface area contributed by atoms with Crippen molar-refractivity contribution in [3.05, 3.63) is 30.7 Å². The smallest absolute Gasteiger partial charge is 0.226 e. The molecule has 1 saturated carbocycles. The van der Waals surface area contributed by atoms with E-state index in [4.69, 9.17) is 0 Å². The van der Waals surface area contributed by atoms with Crippen molar-refractivity contribution < 1.29 is 9.90 Å². The summed E-state index contributed by atoms with van der Waals surface area (Å²) in [5.41, 5.74) is 0.327. The number of aliphatic hydroxyl groups is 1. The van der Waals surface area contributed by atoms with E-state index in [1.54, 1.807) is 6.20 Å². The number of amides is 1. The number of pyridine rings is 1. The Labute approximate surface area is 147 Å². The predicted molar refractivity (Wildman–Crippen MR) is 94.8 cm³/mol. The van der Waals surface area contributed by atoms with Gasteiger partial charge in [0.05, 0.1) is 23.9 Å². The first-order valence-corrected chi connectivity index (χ1v) is 9.47. The molecule has 0 spiro atoms. The van der Waals surface area contributed by atoms with Crippen LogP contribution in [-0.4, -0.2) is 43.1 Å². The maximum atomic E-state index is 12.8. The number of carbonyl (C=O) groups excluding carboxylic acids is 1. The van der Waals surface area contributed by atoms with Gasteiger partial charge < -0.3 is 14.6 Å². The van der Waals surface area contributed by atoms with Gasteiger partial charge >= 0.3 is 0 Å². The van der Waals surface area contributed by atoms with Crippen LogP contribution in [0.1, 0.15) is 39.0 Å². The molecule has 132 valence electrons. The molecule has 3 fully saturated rings. The minimum atomic E-state index is -0.737. The standard InChI is InChI=1S/C20H25N3O2/c1-13-8-17(13)19(24)23-15-2-3-16(23)10-20(25,9-15)12-22-7-5-14-4-6-21-11-18(14)22/h4-7,11,13,15-17,25H,2-3,8-10,12H2,1H3/t13-,15+,16+,17-/m0/s1. The monoisotopic (exact) mass is 339 g/mol. The van der Waals surface area contributed by atoms with Gasteiger partial charge in [0.15, 0.2) is 0 Å². The highest BCUT2D eigenvalue weighted by Gasteiger charge is 2.53. The number of rotatable bonds is 3. The van der Waals surface area contributed by atoms with Gasteiger partial charge in [0.1, 0.15) is 0 Å². The molecule has 2 aromatic rings. The maximum absolute atomic E-state index is 12.8. The van der Waals surface area contributed by atoms with Crippen molar-refractivity contribution in [1.82, 2.24) is 14.5 Å². The summed E-state index contributed by atoms with van der Waals surface area (Å²) in [7, 11) is 0. The second-order valence-corrected chi connectivity index (χ2v) is 8.46. The van der Waals surface area contributed by atoms with Crippen LogP contribution < -0.4 is 0 Å². The van der Waals surface area contributed by atoms with E-state index in [9.17, 15) is 9.90 Å². The summed E-state index contributed by atoms with van der Waals surface area (Å²) < 4.78 is 2.11. The first-order chi connectivity index (χ1) is 12.0. The highest BCUT2D eigenvalue weighted by molar-refractivity contribution is 5.82. The molecule has 25 heavy (non-hydrogen) atoms. The van der Waals surface area contributed by atoms with Gasteiger partial charge in [-0.1, -0.05) is 6.92 Å². The fraction of sp³-hybridized carbons (Fsp3) is 0.600. The van der Waals surface area contributed by atoms with Crippen molar-refractivity contribution in [2.45, 2.75) is 63.3 Å². The van der Waals surface area contributed by atoms with Crippen molar-refractivity contribution in [3.63, 3.8) is 0 Å². The Balaban J connectivity index is 1.37. The summed E-state index contributed by atoms with van der Waals surface area (Å²) in [6.45, 7) is 2.74. The number of hydrogen-bond acceptors (Lipinski definition) is 3. The summed E-state index contributed by atoms with van der Waals surface area (Å²) in [6, 6.07) is 4.49. The van der Waals surface area contributed by atoms with Gasteiger partial charge in [-0.05, 0) is 50.2 Å². The zero-order chi connectivity index (χ0) is 17.2. The Morgan fingerprint density at radius 3 is 2.72 bits per heavy atom. The van der Waals surface area contributed by atoms with Crippen LogP contribution >= 0.6 is 0 Å². The van der Waals surface area contributed by atoms with Crippen molar-refractivity contribution in [2.24, 2.45) is 11.8 Å². The van der Waals surface area contributed by atoms with Crippen molar-refractivity contribution >= 4 is 16.8 Å². The lowest BCUT2D eigenvalue weighted by atomic mass is 9.85. The van der Waals surface area contributed by atoms with Gasteiger partial charge in [0.25, 0.3) is 0 Å². The van der Waals surface area contributed by atoms with Crippen LogP contribution in [0.25, 0.3) is 10.9 Å². The molecule has 5 nitrogen and oxygen atoms in total. The van der Waals surface area contributed by atoms with Crippen LogP contribution in [0.5, 0.6) is 0 Å². The minimum Gasteiger partial charge on any atom is -0.388 e. The van der Waals surface area contributed by atoms with Gasteiger partial charge in [0.2, 0.25) is 5.91 Å². The first-order valence-electron chi connectivity index (χ1n) is 9.47. The molecule has 3 aliphatic rings. The fourth-order valence-corrected chi connectivity index (χ4v) is 5.15. The molecule has 1 aliphatic carbocycles. The Morgan fingerprint density at radius 1 is 1.32 bits per heavy atom. The molecule has 2 aromatic heterocycles. The number of carbonyl (C=O) groups is 1. The van der Waals surface area contributed by atoms with Gasteiger partial charge in [-0.3, -0.25) is 9.78 Å². The normalized spacial score (nSPS) is 36.8. The molecule has 0 aromatic carbocycles. The van der Waals surface area contributed by atoms with E-state index < -0.39 is 5.60 Å². The molecule has 1 amide bonds. The number of hydrogen-bond donors (Lipinski definition) is 1. The molecule has 5 heteroatoms. The second kappa shape index (κ2) is 5.31. The largest absolute Gasteiger partial charge is 0.388 e. The third kappa shape index (κ3) is 2.48. The molecule has 1 N–H and O–H groups in total. The van der Waals surface area contributed by atoms with Crippen LogP contribution in [0.3, 0.4) is 0 Å². The number of aromatic nitrogens is 2. The summed E-state index contributed by atoms with van der Waals surface area (Å²) in [5.74, 6) is 1.14. The average Bonchev–Trinajstić information content (AvgIpc) is 3.08. The highest BCUT2D eigenvalue weighted by Crippen LogP contribution is 2.47. The van der Waals surface area contributed by atoms with Gasteiger partial charge in [0, 0.05) is 35.8 Å². The van der Waals surface area contributed by atoms with Crippen molar-refractivity contribution in [3.8, 4) is 0 Å². The Bertz CT molecular complexity index is 815. The zero-order valence-corrected chi connectivity index (χ0v) is 14.6. The Morgan fingerprint density at radius 2 is 2.04 bits per heavy atom. The van der Waals surface area contributed by atoms with Crippen LogP contribution in [0.15, 0.2) is 30.7 Å². The summed E-state index contributed by atoms with van der Waals surface area (Å²) >= 11 is 0. The number of fused-ring (bicyclic) bond motifs is 3. The molecular formula is C20H25N3O2. The lowest BCUT2D eigenvalue weighted by Crippen LogP contribution is -2.55. The fourth-order valence-electron chi connectivity index (χ4n) is 5.15. The second-order valence-electron chi connectivity index (χ2n) is 8.46. The van der Waals surface area contributed by atoms with Crippen molar-refractivity contribution in [1.29, 1.82) is 0 Å². The zero-order valence-electron chi connectivity index (χ0n) is 14.6. The van der Waals surface area contributed by atoms with Crippen LogP contribution in [0.4, 0.5) is 0 Å². The van der Waals surface area contributed by atoms with Crippen molar-refractivity contribution in [2.75, 3.05) is 0 Å². The van der Waals surface area contributed by atoms with E-state index in [2.05, 4.69) is 27.4 Å². The predicted octanol–water partition coefficient (Wildman–Crippen LogP) is 2.58. The molecule has 2 saturated heterocycles. The molecule has 0 radical (unpaired) electrons. The Kier molecular flexibility index (Phi) is 3.26. The third-order valence-corrected chi connectivity index (χ3v) is 6.57. The SMILES string of the molecule is C[C@H]1C[C@@H]1C(=O)N1[C@@H]2CC[C@@H]1CC(O)(Cn1ccc3ccncc31)C2. The lowest BCUT2D eigenvalue weighted by Gasteiger charge is -2.44. The first kappa shape index (κ1) is 15.4. The lowest BCUT2D eigenvalue weighted by molar-refractivity contribution is -0.143. The van der Waals surface area contributed by atoms with Gasteiger partial charge in [-0.15, -0.1) is 0 Å².